The summed E-state index contributed by atoms with van der Waals surface area (Å²) in [5.74, 6) is -1.80. The van der Waals surface area contributed by atoms with Crippen LogP contribution in [0.25, 0.3) is 0 Å². The Bertz CT molecular complexity index is 946. The Hall–Kier alpha value is -3.19. The molecule has 3 atom stereocenters. The fourth-order valence-corrected chi connectivity index (χ4v) is 4.06. The van der Waals surface area contributed by atoms with E-state index in [-0.39, 0.29) is 25.5 Å². The van der Waals surface area contributed by atoms with Crippen LogP contribution in [0.2, 0.25) is 0 Å². The van der Waals surface area contributed by atoms with E-state index in [1.54, 1.807) is 13.8 Å². The molecule has 0 saturated heterocycles. The Kier molecular flexibility index (Phi) is 8.00. The zero-order valence-corrected chi connectivity index (χ0v) is 18.5. The molecule has 0 spiro atoms. The topological polar surface area (TPSA) is 95.9 Å². The van der Waals surface area contributed by atoms with Crippen LogP contribution >= 0.6 is 0 Å². The van der Waals surface area contributed by atoms with E-state index in [4.69, 9.17) is 4.74 Å². The molecule has 0 saturated carbocycles. The van der Waals surface area contributed by atoms with E-state index in [2.05, 4.69) is 5.32 Å². The zero-order chi connectivity index (χ0) is 23.1. The Morgan fingerprint density at radius 3 is 2.41 bits per heavy atom. The number of hydrogen-bond donors (Lipinski definition) is 2. The molecular formula is C25H30N2O5. The van der Waals surface area contributed by atoms with Crippen molar-refractivity contribution in [2.45, 2.75) is 57.8 Å². The Labute approximate surface area is 188 Å². The van der Waals surface area contributed by atoms with Crippen molar-refractivity contribution < 1.29 is 24.2 Å². The van der Waals surface area contributed by atoms with Crippen LogP contribution in [0, 0.1) is 0 Å². The molecule has 2 N–H and O–H groups in total. The maximum absolute atomic E-state index is 13.3. The molecule has 7 nitrogen and oxygen atoms in total. The van der Waals surface area contributed by atoms with Crippen LogP contribution < -0.4 is 5.32 Å². The summed E-state index contributed by atoms with van der Waals surface area (Å²) in [6, 6.07) is 15.0. The normalized spacial score (nSPS) is 17.2. The van der Waals surface area contributed by atoms with Crippen molar-refractivity contribution in [2.75, 3.05) is 6.61 Å². The van der Waals surface area contributed by atoms with Crippen LogP contribution in [0.3, 0.4) is 0 Å². The van der Waals surface area contributed by atoms with E-state index >= 15 is 0 Å². The number of carbonyl (C=O) groups excluding carboxylic acids is 2. The standard InChI is InChI=1S/C25H30N2O5/c1-3-32-25(31)21(14-13-18-9-5-4-6-10-18)26-17(2)23(28)27-16-20-12-8-7-11-19(20)15-22(27)24(29)30/h4-12,17,21-22,26H,3,13-16H2,1-2H3,(H,29,30)/t17-,21-,22?/m0/s1. The first-order valence-electron chi connectivity index (χ1n) is 11.0. The van der Waals surface area contributed by atoms with Crippen LogP contribution in [0.15, 0.2) is 54.6 Å². The fourth-order valence-electron chi connectivity index (χ4n) is 4.06. The Balaban J connectivity index is 1.72. The largest absolute Gasteiger partial charge is 0.480 e. The number of carboxylic acid groups (broad SMARTS) is 1. The Morgan fingerprint density at radius 1 is 1.09 bits per heavy atom. The summed E-state index contributed by atoms with van der Waals surface area (Å²) < 4.78 is 5.20. The average molecular weight is 439 g/mol. The fraction of sp³-hybridized carbons (Fsp3) is 0.400. The van der Waals surface area contributed by atoms with Crippen molar-refractivity contribution in [3.63, 3.8) is 0 Å². The molecule has 1 heterocycles. The number of fused-ring (bicyclic) bond motifs is 1. The molecule has 0 aliphatic carbocycles. The summed E-state index contributed by atoms with van der Waals surface area (Å²) in [7, 11) is 0. The molecular weight excluding hydrogens is 408 g/mol. The van der Waals surface area contributed by atoms with Gasteiger partial charge in [0.1, 0.15) is 12.1 Å². The molecule has 3 rings (SSSR count). The van der Waals surface area contributed by atoms with E-state index in [1.807, 2.05) is 54.6 Å². The minimum Gasteiger partial charge on any atom is -0.480 e. The maximum atomic E-state index is 13.3. The summed E-state index contributed by atoms with van der Waals surface area (Å²) in [6.45, 7) is 3.88. The summed E-state index contributed by atoms with van der Waals surface area (Å²) >= 11 is 0. The van der Waals surface area contributed by atoms with Gasteiger partial charge in [-0.25, -0.2) is 4.79 Å². The van der Waals surface area contributed by atoms with Crippen LogP contribution in [0.1, 0.15) is 37.0 Å². The van der Waals surface area contributed by atoms with E-state index in [0.717, 1.165) is 16.7 Å². The third kappa shape index (κ3) is 5.73. The number of rotatable bonds is 9. The lowest BCUT2D eigenvalue weighted by Gasteiger charge is -2.36. The predicted molar refractivity (Wildman–Crippen MR) is 120 cm³/mol. The number of aryl methyl sites for hydroxylation is 1. The number of carboxylic acids is 1. The molecule has 1 aliphatic rings. The summed E-state index contributed by atoms with van der Waals surface area (Å²) in [5, 5.41) is 12.8. The molecule has 0 radical (unpaired) electrons. The summed E-state index contributed by atoms with van der Waals surface area (Å²) in [5.41, 5.74) is 2.97. The number of benzene rings is 2. The molecule has 7 heteroatoms. The van der Waals surface area contributed by atoms with Gasteiger partial charge in [-0.2, -0.15) is 0 Å². The highest BCUT2D eigenvalue weighted by atomic mass is 16.5. The highest BCUT2D eigenvalue weighted by Gasteiger charge is 2.37. The van der Waals surface area contributed by atoms with E-state index in [9.17, 15) is 19.5 Å². The molecule has 0 aromatic heterocycles. The lowest BCUT2D eigenvalue weighted by atomic mass is 9.93. The van der Waals surface area contributed by atoms with E-state index < -0.39 is 30.1 Å². The lowest BCUT2D eigenvalue weighted by Crippen LogP contribution is -2.56. The predicted octanol–water partition coefficient (Wildman–Crippen LogP) is 2.57. The molecule has 2 aromatic rings. The van der Waals surface area contributed by atoms with Crippen molar-refractivity contribution in [1.29, 1.82) is 0 Å². The van der Waals surface area contributed by atoms with Gasteiger partial charge < -0.3 is 14.7 Å². The highest BCUT2D eigenvalue weighted by Crippen LogP contribution is 2.24. The smallest absolute Gasteiger partial charge is 0.326 e. The van der Waals surface area contributed by atoms with Gasteiger partial charge in [0, 0.05) is 13.0 Å². The number of ether oxygens (including phenoxy) is 1. The second-order valence-electron chi connectivity index (χ2n) is 8.01. The first-order chi connectivity index (χ1) is 15.4. The quantitative estimate of drug-likeness (QED) is 0.584. The van der Waals surface area contributed by atoms with Crippen molar-refractivity contribution >= 4 is 17.8 Å². The van der Waals surface area contributed by atoms with Gasteiger partial charge in [0.15, 0.2) is 0 Å². The van der Waals surface area contributed by atoms with Crippen molar-refractivity contribution in [1.82, 2.24) is 10.2 Å². The lowest BCUT2D eigenvalue weighted by molar-refractivity contribution is -0.153. The second-order valence-corrected chi connectivity index (χ2v) is 8.01. The number of aliphatic carboxylic acids is 1. The first kappa shape index (κ1) is 23.5. The van der Waals surface area contributed by atoms with Crippen molar-refractivity contribution in [3.8, 4) is 0 Å². The molecule has 1 aliphatic heterocycles. The minimum absolute atomic E-state index is 0.228. The number of esters is 1. The van der Waals surface area contributed by atoms with Gasteiger partial charge in [-0.1, -0.05) is 54.6 Å². The molecule has 1 amide bonds. The summed E-state index contributed by atoms with van der Waals surface area (Å²) in [6.07, 6.45) is 1.37. The van der Waals surface area contributed by atoms with Gasteiger partial charge in [-0.15, -0.1) is 0 Å². The number of hydrogen-bond acceptors (Lipinski definition) is 5. The van der Waals surface area contributed by atoms with Crippen LogP contribution in [-0.4, -0.2) is 52.6 Å². The van der Waals surface area contributed by atoms with Crippen LogP contribution in [-0.2, 0) is 38.5 Å². The van der Waals surface area contributed by atoms with Crippen molar-refractivity contribution in [3.05, 3.63) is 71.3 Å². The average Bonchev–Trinajstić information content (AvgIpc) is 2.80. The molecule has 1 unspecified atom stereocenters. The number of carbonyl (C=O) groups is 3. The zero-order valence-electron chi connectivity index (χ0n) is 18.5. The minimum atomic E-state index is -1.04. The van der Waals surface area contributed by atoms with Gasteiger partial charge in [0.05, 0.1) is 12.6 Å². The molecule has 32 heavy (non-hydrogen) atoms. The van der Waals surface area contributed by atoms with Gasteiger partial charge in [0.25, 0.3) is 0 Å². The molecule has 0 fully saturated rings. The van der Waals surface area contributed by atoms with Gasteiger partial charge in [-0.05, 0) is 43.4 Å². The number of amides is 1. The number of nitrogens with one attached hydrogen (secondary N) is 1. The van der Waals surface area contributed by atoms with Gasteiger partial charge in [0.2, 0.25) is 5.91 Å². The van der Waals surface area contributed by atoms with E-state index in [0.29, 0.717) is 12.8 Å². The Morgan fingerprint density at radius 2 is 1.75 bits per heavy atom. The second kappa shape index (κ2) is 10.9. The van der Waals surface area contributed by atoms with Crippen LogP contribution in [0.5, 0.6) is 0 Å². The third-order valence-electron chi connectivity index (χ3n) is 5.77. The third-order valence-corrected chi connectivity index (χ3v) is 5.77. The van der Waals surface area contributed by atoms with Crippen molar-refractivity contribution in [2.24, 2.45) is 0 Å². The van der Waals surface area contributed by atoms with Gasteiger partial charge >= 0.3 is 11.9 Å². The highest BCUT2D eigenvalue weighted by molar-refractivity contribution is 5.88. The molecule has 2 aromatic carbocycles. The van der Waals surface area contributed by atoms with Crippen LogP contribution in [0.4, 0.5) is 0 Å². The monoisotopic (exact) mass is 438 g/mol. The van der Waals surface area contributed by atoms with E-state index in [1.165, 1.54) is 4.90 Å². The maximum Gasteiger partial charge on any atom is 0.326 e. The number of nitrogens with zero attached hydrogens (tertiary/aromatic N) is 1. The van der Waals surface area contributed by atoms with Gasteiger partial charge in [-0.3, -0.25) is 14.9 Å². The summed E-state index contributed by atoms with van der Waals surface area (Å²) in [4.78, 5) is 39.1. The first-order valence-corrected chi connectivity index (χ1v) is 11.0. The molecule has 170 valence electrons. The SMILES string of the molecule is CCOC(=O)[C@H](CCc1ccccc1)N[C@@H](C)C(=O)N1Cc2ccccc2CC1C(=O)O. The molecule has 0 bridgehead atoms.